The first-order valence-corrected chi connectivity index (χ1v) is 7.28. The van der Waals surface area contributed by atoms with Crippen LogP contribution in [0.15, 0.2) is 0 Å². The average molecular weight is 255 g/mol. The van der Waals surface area contributed by atoms with Gasteiger partial charge in [0.05, 0.1) is 5.54 Å². The Labute approximate surface area is 111 Å². The summed E-state index contributed by atoms with van der Waals surface area (Å²) < 4.78 is 0. The highest BCUT2D eigenvalue weighted by Gasteiger charge is 2.28. The highest BCUT2D eigenvalue weighted by molar-refractivity contribution is 5.85. The number of nitrogens with one attached hydrogen (secondary N) is 1. The van der Waals surface area contributed by atoms with E-state index in [0.29, 0.717) is 0 Å². The molecule has 3 N–H and O–H groups in total. The molecular weight excluding hydrogens is 226 g/mol. The van der Waals surface area contributed by atoms with E-state index >= 15 is 0 Å². The fourth-order valence-electron chi connectivity index (χ4n) is 2.60. The summed E-state index contributed by atoms with van der Waals surface area (Å²) in [7, 11) is 0. The molecule has 4 nitrogen and oxygen atoms in total. The zero-order chi connectivity index (χ0) is 13.6. The molecule has 1 saturated heterocycles. The highest BCUT2D eigenvalue weighted by Crippen LogP contribution is 2.11. The fraction of sp³-hybridized carbons (Fsp3) is 0.929. The van der Waals surface area contributed by atoms with Crippen molar-refractivity contribution in [2.75, 3.05) is 19.6 Å². The number of nitrogens with two attached hydrogens (primary N) is 1. The molecule has 1 fully saturated rings. The predicted molar refractivity (Wildman–Crippen MR) is 75.4 cm³/mol. The molecule has 0 aromatic carbocycles. The maximum atomic E-state index is 12.1. The van der Waals surface area contributed by atoms with Crippen LogP contribution in [0.25, 0.3) is 0 Å². The van der Waals surface area contributed by atoms with Gasteiger partial charge in [0, 0.05) is 12.6 Å². The molecule has 0 aromatic heterocycles. The van der Waals surface area contributed by atoms with E-state index in [4.69, 9.17) is 5.73 Å². The van der Waals surface area contributed by atoms with Crippen LogP contribution in [-0.4, -0.2) is 42.0 Å². The van der Waals surface area contributed by atoms with Gasteiger partial charge >= 0.3 is 0 Å². The van der Waals surface area contributed by atoms with E-state index in [1.165, 1.54) is 19.3 Å². The van der Waals surface area contributed by atoms with Crippen LogP contribution in [0.5, 0.6) is 0 Å². The quantitative estimate of drug-likeness (QED) is 0.756. The average Bonchev–Trinajstić information content (AvgIpc) is 2.29. The van der Waals surface area contributed by atoms with Crippen LogP contribution in [-0.2, 0) is 4.79 Å². The Morgan fingerprint density at radius 3 is 2.56 bits per heavy atom. The smallest absolute Gasteiger partial charge is 0.240 e. The summed E-state index contributed by atoms with van der Waals surface area (Å²) in [5, 5.41) is 3.05. The maximum absolute atomic E-state index is 12.1. The first-order chi connectivity index (χ1) is 8.45. The van der Waals surface area contributed by atoms with Crippen molar-refractivity contribution in [2.24, 2.45) is 5.73 Å². The van der Waals surface area contributed by atoms with Crippen LogP contribution >= 0.6 is 0 Å². The molecule has 0 aromatic rings. The van der Waals surface area contributed by atoms with E-state index in [0.717, 1.165) is 32.5 Å². The van der Waals surface area contributed by atoms with Crippen molar-refractivity contribution in [3.8, 4) is 0 Å². The molecule has 1 aliphatic heterocycles. The van der Waals surface area contributed by atoms with Gasteiger partial charge in [-0.2, -0.15) is 0 Å². The number of likely N-dealkylation sites (tertiary alicyclic amines) is 1. The summed E-state index contributed by atoms with van der Waals surface area (Å²) >= 11 is 0. The van der Waals surface area contributed by atoms with Crippen molar-refractivity contribution < 1.29 is 4.79 Å². The van der Waals surface area contributed by atoms with Gasteiger partial charge in [0.2, 0.25) is 5.91 Å². The van der Waals surface area contributed by atoms with Crippen molar-refractivity contribution in [1.29, 1.82) is 0 Å². The summed E-state index contributed by atoms with van der Waals surface area (Å²) in [6.45, 7) is 9.20. The number of amides is 1. The Morgan fingerprint density at radius 2 is 2.00 bits per heavy atom. The van der Waals surface area contributed by atoms with Crippen molar-refractivity contribution in [1.82, 2.24) is 10.2 Å². The molecular formula is C14H29N3O. The van der Waals surface area contributed by atoms with Crippen LogP contribution in [0, 0.1) is 0 Å². The van der Waals surface area contributed by atoms with Gasteiger partial charge in [-0.05, 0) is 46.2 Å². The van der Waals surface area contributed by atoms with Gasteiger partial charge in [-0.3, -0.25) is 4.79 Å². The summed E-state index contributed by atoms with van der Waals surface area (Å²) in [5.41, 5.74) is 5.30. The van der Waals surface area contributed by atoms with Gasteiger partial charge in [0.1, 0.15) is 0 Å². The second-order valence-corrected chi connectivity index (χ2v) is 5.90. The van der Waals surface area contributed by atoms with Gasteiger partial charge in [0.15, 0.2) is 0 Å². The van der Waals surface area contributed by atoms with Gasteiger partial charge in [-0.25, -0.2) is 0 Å². The van der Waals surface area contributed by atoms with Gasteiger partial charge in [-0.15, -0.1) is 0 Å². The standard InChI is InChI=1S/C14H29N3O/c1-4-8-14(3,15)13(18)16-12(2)11-17-9-6-5-7-10-17/h12H,4-11,15H2,1-3H3,(H,16,18). The summed E-state index contributed by atoms with van der Waals surface area (Å²) in [6.07, 6.45) is 5.57. The Balaban J connectivity index is 2.34. The lowest BCUT2D eigenvalue weighted by molar-refractivity contribution is -0.126. The third kappa shape index (κ3) is 4.94. The van der Waals surface area contributed by atoms with Crippen LogP contribution in [0.2, 0.25) is 0 Å². The topological polar surface area (TPSA) is 58.4 Å². The largest absolute Gasteiger partial charge is 0.351 e. The minimum Gasteiger partial charge on any atom is -0.351 e. The van der Waals surface area contributed by atoms with Crippen LogP contribution in [0.1, 0.15) is 52.9 Å². The molecule has 0 aliphatic carbocycles. The molecule has 4 heteroatoms. The third-order valence-electron chi connectivity index (χ3n) is 3.65. The molecule has 0 bridgehead atoms. The zero-order valence-electron chi connectivity index (χ0n) is 12.2. The molecule has 106 valence electrons. The lowest BCUT2D eigenvalue weighted by Gasteiger charge is -2.31. The van der Waals surface area contributed by atoms with Crippen molar-refractivity contribution in [2.45, 2.75) is 64.5 Å². The molecule has 2 atom stereocenters. The highest BCUT2D eigenvalue weighted by atomic mass is 16.2. The van der Waals surface area contributed by atoms with E-state index in [2.05, 4.69) is 24.1 Å². The second kappa shape index (κ2) is 7.10. The molecule has 0 radical (unpaired) electrons. The zero-order valence-corrected chi connectivity index (χ0v) is 12.2. The Hall–Kier alpha value is -0.610. The van der Waals surface area contributed by atoms with Gasteiger partial charge < -0.3 is 16.0 Å². The number of piperidine rings is 1. The van der Waals surface area contributed by atoms with Crippen molar-refractivity contribution in [3.05, 3.63) is 0 Å². The number of rotatable bonds is 6. The van der Waals surface area contributed by atoms with E-state index < -0.39 is 5.54 Å². The SMILES string of the molecule is CCCC(C)(N)C(=O)NC(C)CN1CCCCC1. The lowest BCUT2D eigenvalue weighted by Crippen LogP contribution is -2.55. The van der Waals surface area contributed by atoms with Crippen molar-refractivity contribution in [3.63, 3.8) is 0 Å². The molecule has 0 spiro atoms. The molecule has 1 aliphatic rings. The molecule has 2 unspecified atom stereocenters. The second-order valence-electron chi connectivity index (χ2n) is 5.90. The number of nitrogens with zero attached hydrogens (tertiary/aromatic N) is 1. The molecule has 0 saturated carbocycles. The molecule has 18 heavy (non-hydrogen) atoms. The predicted octanol–water partition coefficient (Wildman–Crippen LogP) is 1.49. The first-order valence-electron chi connectivity index (χ1n) is 7.28. The Kier molecular flexibility index (Phi) is 6.09. The fourth-order valence-corrected chi connectivity index (χ4v) is 2.60. The first kappa shape index (κ1) is 15.4. The van der Waals surface area contributed by atoms with E-state index in [9.17, 15) is 4.79 Å². The number of carbonyl (C=O) groups excluding carboxylic acids is 1. The number of carbonyl (C=O) groups is 1. The normalized spacial score (nSPS) is 22.2. The maximum Gasteiger partial charge on any atom is 0.240 e. The van der Waals surface area contributed by atoms with Crippen LogP contribution < -0.4 is 11.1 Å². The summed E-state index contributed by atoms with van der Waals surface area (Å²) in [4.78, 5) is 14.5. The third-order valence-corrected chi connectivity index (χ3v) is 3.65. The van der Waals surface area contributed by atoms with E-state index in [1.807, 2.05) is 6.92 Å². The minimum absolute atomic E-state index is 0.0196. The molecule has 1 rings (SSSR count). The van der Waals surface area contributed by atoms with E-state index in [-0.39, 0.29) is 11.9 Å². The minimum atomic E-state index is -0.731. The number of hydrogen-bond donors (Lipinski definition) is 2. The lowest BCUT2D eigenvalue weighted by atomic mass is 9.96. The van der Waals surface area contributed by atoms with Crippen LogP contribution in [0.4, 0.5) is 0 Å². The van der Waals surface area contributed by atoms with Crippen LogP contribution in [0.3, 0.4) is 0 Å². The Bertz CT molecular complexity index is 260. The molecule has 1 heterocycles. The Morgan fingerprint density at radius 1 is 1.39 bits per heavy atom. The number of hydrogen-bond acceptors (Lipinski definition) is 3. The summed E-state index contributed by atoms with van der Waals surface area (Å²) in [6, 6.07) is 0.176. The monoisotopic (exact) mass is 255 g/mol. The van der Waals surface area contributed by atoms with E-state index in [1.54, 1.807) is 0 Å². The van der Waals surface area contributed by atoms with Crippen molar-refractivity contribution >= 4 is 5.91 Å². The van der Waals surface area contributed by atoms with Gasteiger partial charge in [0.25, 0.3) is 0 Å². The summed E-state index contributed by atoms with van der Waals surface area (Å²) in [5.74, 6) is -0.0196. The van der Waals surface area contributed by atoms with Gasteiger partial charge in [-0.1, -0.05) is 19.8 Å². The molecule has 1 amide bonds.